The molecular formula is C20H23NO2. The van der Waals surface area contributed by atoms with Gasteiger partial charge in [0, 0.05) is 5.56 Å². The molecule has 1 amide bonds. The third kappa shape index (κ3) is 2.96. The lowest BCUT2D eigenvalue weighted by molar-refractivity contribution is -0.124. The van der Waals surface area contributed by atoms with Crippen LogP contribution in [0.2, 0.25) is 0 Å². The quantitative estimate of drug-likeness (QED) is 0.909. The van der Waals surface area contributed by atoms with Gasteiger partial charge in [-0.1, -0.05) is 48.0 Å². The zero-order valence-corrected chi connectivity index (χ0v) is 13.9. The molecule has 3 heteroatoms. The van der Waals surface area contributed by atoms with Gasteiger partial charge in [-0.15, -0.1) is 0 Å². The van der Waals surface area contributed by atoms with Crippen molar-refractivity contribution in [2.24, 2.45) is 0 Å². The van der Waals surface area contributed by atoms with E-state index in [1.165, 1.54) is 0 Å². The first kappa shape index (κ1) is 15.6. The van der Waals surface area contributed by atoms with Crippen molar-refractivity contribution in [3.05, 3.63) is 65.2 Å². The van der Waals surface area contributed by atoms with Crippen molar-refractivity contribution in [3.8, 4) is 5.75 Å². The van der Waals surface area contributed by atoms with Crippen LogP contribution < -0.4 is 10.1 Å². The van der Waals surface area contributed by atoms with Crippen LogP contribution in [0.1, 0.15) is 42.5 Å². The number of nitrogens with one attached hydrogen (secondary N) is 1. The molecule has 0 aromatic heterocycles. The van der Waals surface area contributed by atoms with Crippen LogP contribution in [0, 0.1) is 6.92 Å². The molecule has 1 aliphatic rings. The Hall–Kier alpha value is -2.29. The second-order valence-electron chi connectivity index (χ2n) is 6.39. The third-order valence-electron chi connectivity index (χ3n) is 4.71. The average Bonchev–Trinajstić information content (AvgIpc) is 3.37. The highest BCUT2D eigenvalue weighted by atomic mass is 16.5. The van der Waals surface area contributed by atoms with Crippen molar-refractivity contribution in [3.63, 3.8) is 0 Å². The molecule has 2 aromatic carbocycles. The summed E-state index contributed by atoms with van der Waals surface area (Å²) < 4.78 is 5.44. The van der Waals surface area contributed by atoms with Gasteiger partial charge < -0.3 is 10.1 Å². The molecule has 0 aliphatic heterocycles. The summed E-state index contributed by atoms with van der Waals surface area (Å²) in [5.74, 6) is 0.924. The highest BCUT2D eigenvalue weighted by Crippen LogP contribution is 2.48. The fourth-order valence-corrected chi connectivity index (χ4v) is 3.13. The predicted molar refractivity (Wildman–Crippen MR) is 91.6 cm³/mol. The minimum absolute atomic E-state index is 0.0847. The van der Waals surface area contributed by atoms with Gasteiger partial charge >= 0.3 is 0 Å². The highest BCUT2D eigenvalue weighted by Gasteiger charge is 2.51. The zero-order valence-electron chi connectivity index (χ0n) is 13.9. The van der Waals surface area contributed by atoms with E-state index in [0.717, 1.165) is 35.3 Å². The number of carbonyl (C=O) groups excluding carboxylic acids is 1. The van der Waals surface area contributed by atoms with E-state index in [9.17, 15) is 4.79 Å². The molecule has 3 nitrogen and oxygen atoms in total. The van der Waals surface area contributed by atoms with E-state index in [2.05, 4.69) is 11.4 Å². The van der Waals surface area contributed by atoms with E-state index >= 15 is 0 Å². The fraction of sp³-hybridized carbons (Fsp3) is 0.350. The minimum Gasteiger partial charge on any atom is -0.496 e. The Bertz CT molecular complexity index is 705. The van der Waals surface area contributed by atoms with Crippen LogP contribution >= 0.6 is 0 Å². The van der Waals surface area contributed by atoms with Gasteiger partial charge in [-0.3, -0.25) is 4.79 Å². The van der Waals surface area contributed by atoms with Crippen molar-refractivity contribution in [1.82, 2.24) is 5.32 Å². The van der Waals surface area contributed by atoms with Gasteiger partial charge in [0.1, 0.15) is 5.75 Å². The van der Waals surface area contributed by atoms with Crippen molar-refractivity contribution >= 4 is 5.91 Å². The summed E-state index contributed by atoms with van der Waals surface area (Å²) in [6.07, 6.45) is 1.83. The number of ether oxygens (including phenoxy) is 1. The molecule has 23 heavy (non-hydrogen) atoms. The van der Waals surface area contributed by atoms with Crippen LogP contribution in [0.4, 0.5) is 0 Å². The second kappa shape index (κ2) is 6.07. The van der Waals surface area contributed by atoms with Gasteiger partial charge in [-0.25, -0.2) is 0 Å². The summed E-state index contributed by atoms with van der Waals surface area (Å²) in [7, 11) is 1.66. The Labute approximate surface area is 137 Å². The molecule has 0 spiro atoms. The number of rotatable bonds is 5. The number of amides is 1. The number of methoxy groups -OCH3 is 1. The van der Waals surface area contributed by atoms with E-state index in [1.807, 2.05) is 56.3 Å². The van der Waals surface area contributed by atoms with Crippen molar-refractivity contribution in [2.75, 3.05) is 7.11 Å². The molecule has 1 N–H and O–H groups in total. The molecule has 0 bridgehead atoms. The van der Waals surface area contributed by atoms with Crippen molar-refractivity contribution in [2.45, 2.75) is 38.1 Å². The molecule has 0 heterocycles. The summed E-state index contributed by atoms with van der Waals surface area (Å²) in [4.78, 5) is 12.8. The first-order valence-electron chi connectivity index (χ1n) is 8.08. The van der Waals surface area contributed by atoms with Gasteiger partial charge in [0.15, 0.2) is 0 Å². The molecule has 0 saturated heterocycles. The number of aryl methyl sites for hydroxylation is 1. The maximum Gasteiger partial charge on any atom is 0.231 e. The number of hydrogen-bond donors (Lipinski definition) is 1. The predicted octanol–water partition coefficient (Wildman–Crippen LogP) is 3.91. The Morgan fingerprint density at radius 3 is 2.48 bits per heavy atom. The van der Waals surface area contributed by atoms with Crippen molar-refractivity contribution < 1.29 is 9.53 Å². The number of hydrogen-bond acceptors (Lipinski definition) is 2. The first-order chi connectivity index (χ1) is 11.1. The fourth-order valence-electron chi connectivity index (χ4n) is 3.13. The van der Waals surface area contributed by atoms with Crippen molar-refractivity contribution in [1.29, 1.82) is 0 Å². The molecular weight excluding hydrogens is 286 g/mol. The normalized spacial score (nSPS) is 16.5. The van der Waals surface area contributed by atoms with Crippen LogP contribution in [0.15, 0.2) is 48.5 Å². The highest BCUT2D eigenvalue weighted by molar-refractivity contribution is 5.91. The van der Waals surface area contributed by atoms with E-state index in [0.29, 0.717) is 0 Å². The lowest BCUT2D eigenvalue weighted by Gasteiger charge is -2.22. The Morgan fingerprint density at radius 2 is 1.87 bits per heavy atom. The summed E-state index contributed by atoms with van der Waals surface area (Å²) in [5, 5.41) is 3.18. The Kier molecular flexibility index (Phi) is 4.12. The van der Waals surface area contributed by atoms with Crippen LogP contribution in [0.25, 0.3) is 0 Å². The topological polar surface area (TPSA) is 38.3 Å². The number of carbonyl (C=O) groups is 1. The van der Waals surface area contributed by atoms with Crippen LogP contribution in [-0.2, 0) is 10.2 Å². The molecule has 1 atom stereocenters. The van der Waals surface area contributed by atoms with E-state index in [4.69, 9.17) is 4.74 Å². The van der Waals surface area contributed by atoms with Crippen LogP contribution in [0.3, 0.4) is 0 Å². The Morgan fingerprint density at radius 1 is 1.17 bits per heavy atom. The molecule has 1 unspecified atom stereocenters. The SMILES string of the molecule is COc1ccc(C)cc1C(C)NC(=O)C1(c2ccccc2)CC1. The van der Waals surface area contributed by atoms with Gasteiger partial charge in [0.25, 0.3) is 0 Å². The molecule has 1 fully saturated rings. The Balaban J connectivity index is 1.80. The summed E-state index contributed by atoms with van der Waals surface area (Å²) in [5.41, 5.74) is 2.95. The van der Waals surface area contributed by atoms with E-state index in [-0.39, 0.29) is 17.4 Å². The van der Waals surface area contributed by atoms with E-state index < -0.39 is 0 Å². The largest absolute Gasteiger partial charge is 0.496 e. The second-order valence-corrected chi connectivity index (χ2v) is 6.39. The maximum absolute atomic E-state index is 12.8. The molecule has 1 saturated carbocycles. The smallest absolute Gasteiger partial charge is 0.231 e. The standard InChI is InChI=1S/C20H23NO2/c1-14-9-10-18(23-3)17(13-14)15(2)21-19(22)20(11-12-20)16-7-5-4-6-8-16/h4-10,13,15H,11-12H2,1-3H3,(H,21,22). The molecule has 120 valence electrons. The molecule has 3 rings (SSSR count). The van der Waals surface area contributed by atoms with E-state index in [1.54, 1.807) is 7.11 Å². The summed E-state index contributed by atoms with van der Waals surface area (Å²) in [6, 6.07) is 16.0. The maximum atomic E-state index is 12.8. The molecule has 2 aromatic rings. The lowest BCUT2D eigenvalue weighted by Crippen LogP contribution is -2.36. The van der Waals surface area contributed by atoms with Gasteiger partial charge in [-0.05, 0) is 38.3 Å². The van der Waals surface area contributed by atoms with Crippen LogP contribution in [0.5, 0.6) is 5.75 Å². The summed E-state index contributed by atoms with van der Waals surface area (Å²) >= 11 is 0. The van der Waals surface area contributed by atoms with Gasteiger partial charge in [0.2, 0.25) is 5.91 Å². The summed E-state index contributed by atoms with van der Waals surface area (Å²) in [6.45, 7) is 4.06. The van der Waals surface area contributed by atoms with Gasteiger partial charge in [0.05, 0.1) is 18.6 Å². The monoisotopic (exact) mass is 309 g/mol. The first-order valence-corrected chi connectivity index (χ1v) is 8.08. The van der Waals surface area contributed by atoms with Crippen LogP contribution in [-0.4, -0.2) is 13.0 Å². The van der Waals surface area contributed by atoms with Gasteiger partial charge in [-0.2, -0.15) is 0 Å². The minimum atomic E-state index is -0.341. The third-order valence-corrected chi connectivity index (χ3v) is 4.71. The zero-order chi connectivity index (χ0) is 16.4. The average molecular weight is 309 g/mol. The number of benzene rings is 2. The molecule has 1 aliphatic carbocycles. The lowest BCUT2D eigenvalue weighted by atomic mass is 9.94. The molecule has 0 radical (unpaired) electrons.